The Hall–Kier alpha value is -2.38. The largest absolute Gasteiger partial charge is 0.494 e. The maximum Gasteiger partial charge on any atom is 0.241 e. The van der Waals surface area contributed by atoms with Crippen molar-refractivity contribution < 1.29 is 17.9 Å². The molecule has 0 bridgehead atoms. The minimum absolute atomic E-state index is 0.103. The molecule has 2 rings (SSSR count). The first-order valence-electron chi connectivity index (χ1n) is 8.94. The maximum atomic E-state index is 12.8. The number of ether oxygens (including phenoxy) is 1. The van der Waals surface area contributed by atoms with Gasteiger partial charge in [-0.3, -0.25) is 4.79 Å². The highest BCUT2D eigenvalue weighted by molar-refractivity contribution is 7.89. The van der Waals surface area contributed by atoms with Gasteiger partial charge in [-0.1, -0.05) is 30.3 Å². The van der Waals surface area contributed by atoms with Crippen LogP contribution < -0.4 is 14.8 Å². The molecule has 2 aromatic rings. The predicted octanol–water partition coefficient (Wildman–Crippen LogP) is 2.42. The molecule has 2 aromatic carbocycles. The first-order chi connectivity index (χ1) is 12.9. The zero-order valence-corrected chi connectivity index (χ0v) is 16.7. The van der Waals surface area contributed by atoms with Crippen molar-refractivity contribution in [1.82, 2.24) is 10.0 Å². The normalized spacial score (nSPS) is 12.4. The molecule has 0 unspecified atom stereocenters. The molecule has 0 aliphatic heterocycles. The van der Waals surface area contributed by atoms with Crippen molar-refractivity contribution in [3.63, 3.8) is 0 Å². The Balaban J connectivity index is 2.26. The molecule has 7 heteroatoms. The van der Waals surface area contributed by atoms with Gasteiger partial charge in [0.1, 0.15) is 11.8 Å². The summed E-state index contributed by atoms with van der Waals surface area (Å²) in [6, 6.07) is 13.1. The number of amides is 1. The summed E-state index contributed by atoms with van der Waals surface area (Å²) in [5, 5.41) is 2.69. The number of sulfonamides is 1. The lowest BCUT2D eigenvalue weighted by Gasteiger charge is -2.19. The molecule has 0 heterocycles. The fraction of sp³-hybridized carbons (Fsp3) is 0.350. The van der Waals surface area contributed by atoms with Crippen molar-refractivity contribution in [3.05, 3.63) is 59.7 Å². The predicted molar refractivity (Wildman–Crippen MR) is 105 cm³/mol. The number of likely N-dealkylation sites (N-methyl/N-ethyl adjacent to an activating group) is 1. The molecular weight excluding hydrogens is 364 g/mol. The Morgan fingerprint density at radius 1 is 1.11 bits per heavy atom. The second kappa shape index (κ2) is 9.53. The van der Waals surface area contributed by atoms with E-state index >= 15 is 0 Å². The molecule has 6 nitrogen and oxygen atoms in total. The van der Waals surface area contributed by atoms with Crippen LogP contribution in [0.3, 0.4) is 0 Å². The Labute approximate surface area is 161 Å². The van der Waals surface area contributed by atoms with E-state index in [2.05, 4.69) is 10.0 Å². The standard InChI is InChI=1S/C20H26N2O4S/c1-4-21-20(23)18(14-16-9-7-6-8-10-16)22-27(24,25)17-11-12-19(26-5-2)15(3)13-17/h6-13,18,22H,4-5,14H2,1-3H3,(H,21,23)/t18-/m1/s1. The third-order valence-corrected chi connectivity index (χ3v) is 5.47. The lowest BCUT2D eigenvalue weighted by molar-refractivity contribution is -0.122. The zero-order chi connectivity index (χ0) is 19.9. The highest BCUT2D eigenvalue weighted by Gasteiger charge is 2.26. The minimum atomic E-state index is -3.86. The highest BCUT2D eigenvalue weighted by atomic mass is 32.2. The number of nitrogens with one attached hydrogen (secondary N) is 2. The van der Waals surface area contributed by atoms with Crippen LogP contribution >= 0.6 is 0 Å². The monoisotopic (exact) mass is 390 g/mol. The van der Waals surface area contributed by atoms with Crippen LogP contribution in [0.25, 0.3) is 0 Å². The number of carbonyl (C=O) groups excluding carboxylic acids is 1. The molecule has 0 saturated heterocycles. The summed E-state index contributed by atoms with van der Waals surface area (Å²) in [5.74, 6) is 0.286. The zero-order valence-electron chi connectivity index (χ0n) is 15.9. The number of aryl methyl sites for hydroxylation is 1. The summed E-state index contributed by atoms with van der Waals surface area (Å²) in [7, 11) is -3.86. The van der Waals surface area contributed by atoms with Crippen molar-refractivity contribution in [2.75, 3.05) is 13.2 Å². The van der Waals surface area contributed by atoms with E-state index in [0.29, 0.717) is 18.9 Å². The van der Waals surface area contributed by atoms with E-state index in [1.165, 1.54) is 6.07 Å². The van der Waals surface area contributed by atoms with E-state index < -0.39 is 16.1 Å². The molecule has 0 aliphatic rings. The second-order valence-electron chi connectivity index (χ2n) is 6.12. The number of benzene rings is 2. The lowest BCUT2D eigenvalue weighted by Crippen LogP contribution is -2.47. The summed E-state index contributed by atoms with van der Waals surface area (Å²) in [6.45, 7) is 6.37. The molecule has 1 atom stereocenters. The molecule has 0 radical (unpaired) electrons. The molecule has 0 aromatic heterocycles. The van der Waals surface area contributed by atoms with Crippen LogP contribution in [0.1, 0.15) is 25.0 Å². The number of rotatable bonds is 9. The summed E-state index contributed by atoms with van der Waals surface area (Å²) in [4.78, 5) is 12.5. The van der Waals surface area contributed by atoms with Crippen LogP contribution in [0.4, 0.5) is 0 Å². The molecule has 27 heavy (non-hydrogen) atoms. The van der Waals surface area contributed by atoms with Gasteiger partial charge in [0.25, 0.3) is 0 Å². The average molecular weight is 391 g/mol. The topological polar surface area (TPSA) is 84.5 Å². The van der Waals surface area contributed by atoms with E-state index in [9.17, 15) is 13.2 Å². The summed E-state index contributed by atoms with van der Waals surface area (Å²) in [5.41, 5.74) is 1.59. The van der Waals surface area contributed by atoms with Crippen LogP contribution in [-0.2, 0) is 21.2 Å². The number of hydrogen-bond donors (Lipinski definition) is 2. The van der Waals surface area contributed by atoms with Crippen LogP contribution in [0.5, 0.6) is 5.75 Å². The molecule has 0 spiro atoms. The van der Waals surface area contributed by atoms with Gasteiger partial charge in [-0.05, 0) is 56.5 Å². The summed E-state index contributed by atoms with van der Waals surface area (Å²) < 4.78 is 33.7. The smallest absolute Gasteiger partial charge is 0.241 e. The SMILES string of the molecule is CCNC(=O)[C@@H](Cc1ccccc1)NS(=O)(=O)c1ccc(OCC)c(C)c1. The van der Waals surface area contributed by atoms with Crippen LogP contribution in [0.2, 0.25) is 0 Å². The molecule has 0 fully saturated rings. The fourth-order valence-electron chi connectivity index (χ4n) is 2.70. The Bertz CT molecular complexity index is 867. The van der Waals surface area contributed by atoms with Crippen molar-refractivity contribution in [2.45, 2.75) is 38.1 Å². The molecule has 2 N–H and O–H groups in total. The second-order valence-corrected chi connectivity index (χ2v) is 7.83. The third-order valence-electron chi connectivity index (χ3n) is 4.00. The van der Waals surface area contributed by atoms with Crippen LogP contribution in [0, 0.1) is 6.92 Å². The van der Waals surface area contributed by atoms with E-state index in [4.69, 9.17) is 4.74 Å². The fourth-order valence-corrected chi connectivity index (χ4v) is 3.98. The van der Waals surface area contributed by atoms with Gasteiger partial charge in [0, 0.05) is 6.54 Å². The van der Waals surface area contributed by atoms with Crippen LogP contribution in [0.15, 0.2) is 53.4 Å². The van der Waals surface area contributed by atoms with E-state index in [1.54, 1.807) is 26.0 Å². The van der Waals surface area contributed by atoms with Gasteiger partial charge in [-0.25, -0.2) is 8.42 Å². The lowest BCUT2D eigenvalue weighted by atomic mass is 10.1. The van der Waals surface area contributed by atoms with Crippen molar-refractivity contribution in [2.24, 2.45) is 0 Å². The molecule has 1 amide bonds. The first kappa shape index (κ1) is 20.9. The van der Waals surface area contributed by atoms with Gasteiger partial charge in [-0.2, -0.15) is 4.72 Å². The average Bonchev–Trinajstić information content (AvgIpc) is 2.64. The van der Waals surface area contributed by atoms with Gasteiger partial charge in [-0.15, -0.1) is 0 Å². The van der Waals surface area contributed by atoms with Crippen molar-refractivity contribution in [1.29, 1.82) is 0 Å². The molecule has 0 aliphatic carbocycles. The minimum Gasteiger partial charge on any atom is -0.494 e. The van der Waals surface area contributed by atoms with Crippen molar-refractivity contribution >= 4 is 15.9 Å². The Morgan fingerprint density at radius 2 is 1.81 bits per heavy atom. The van der Waals surface area contributed by atoms with Gasteiger partial charge < -0.3 is 10.1 Å². The van der Waals surface area contributed by atoms with Crippen molar-refractivity contribution in [3.8, 4) is 5.75 Å². The van der Waals surface area contributed by atoms with Gasteiger partial charge in [0.2, 0.25) is 15.9 Å². The number of hydrogen-bond acceptors (Lipinski definition) is 4. The number of carbonyl (C=O) groups is 1. The van der Waals surface area contributed by atoms with E-state index in [0.717, 1.165) is 11.1 Å². The van der Waals surface area contributed by atoms with Gasteiger partial charge in [0.15, 0.2) is 0 Å². The highest BCUT2D eigenvalue weighted by Crippen LogP contribution is 2.22. The van der Waals surface area contributed by atoms with Gasteiger partial charge >= 0.3 is 0 Å². The van der Waals surface area contributed by atoms with Crippen LogP contribution in [-0.4, -0.2) is 33.5 Å². The first-order valence-corrected chi connectivity index (χ1v) is 10.4. The quantitative estimate of drug-likeness (QED) is 0.689. The third kappa shape index (κ3) is 5.80. The van der Waals surface area contributed by atoms with E-state index in [1.807, 2.05) is 37.3 Å². The summed E-state index contributed by atoms with van der Waals surface area (Å²) >= 11 is 0. The molecule has 0 saturated carbocycles. The molecule has 146 valence electrons. The Morgan fingerprint density at radius 3 is 2.41 bits per heavy atom. The molecular formula is C20H26N2O4S. The summed E-state index contributed by atoms with van der Waals surface area (Å²) in [6.07, 6.45) is 0.266. The van der Waals surface area contributed by atoms with E-state index in [-0.39, 0.29) is 17.2 Å². The maximum absolute atomic E-state index is 12.8. The van der Waals surface area contributed by atoms with Gasteiger partial charge in [0.05, 0.1) is 11.5 Å². The Kier molecular flexibility index (Phi) is 7.38.